The van der Waals surface area contributed by atoms with Crippen LogP contribution in [-0.2, 0) is 40.7 Å². The second kappa shape index (κ2) is 9.92. The van der Waals surface area contributed by atoms with Crippen LogP contribution in [0.4, 0.5) is 5.82 Å². The number of nitrogens with zero attached hydrogens (tertiary/aromatic N) is 4. The molecule has 1 fully saturated rings. The summed E-state index contributed by atoms with van der Waals surface area (Å²) in [7, 11) is -22.3. The molecule has 2 aromatic heterocycles. The highest BCUT2D eigenvalue weighted by Gasteiger charge is 2.50. The summed E-state index contributed by atoms with van der Waals surface area (Å²) in [5.41, 5.74) is 5.72. The molecule has 1 aliphatic rings. The fourth-order valence-electron chi connectivity index (χ4n) is 2.88. The van der Waals surface area contributed by atoms with E-state index in [0.717, 1.165) is 17.2 Å². The second-order valence-electron chi connectivity index (χ2n) is 6.59. The number of nitrogens with two attached hydrogens (primary N) is 1. The van der Waals surface area contributed by atoms with Crippen LogP contribution in [0.3, 0.4) is 0 Å². The number of aliphatic hydroxyl groups excluding tert-OH is 1. The lowest BCUT2D eigenvalue weighted by atomic mass is 10.1. The van der Waals surface area contributed by atoms with Crippen molar-refractivity contribution in [3.8, 4) is 0 Å². The molecule has 0 bridgehead atoms. The summed E-state index contributed by atoms with van der Waals surface area (Å²) in [6, 6.07) is 0. The van der Waals surface area contributed by atoms with Crippen molar-refractivity contribution >= 4 is 48.3 Å². The molecular weight excluding hydrogens is 570 g/mol. The summed E-state index contributed by atoms with van der Waals surface area (Å²) in [6.07, 6.45) is -4.99. The van der Waals surface area contributed by atoms with Crippen LogP contribution in [0.25, 0.3) is 11.2 Å². The number of fused-ring (bicyclic) bond motifs is 1. The molecule has 1 saturated heterocycles. The van der Waals surface area contributed by atoms with E-state index < -0.39 is 62.4 Å². The maximum absolute atomic E-state index is 11.9. The molecule has 35 heavy (non-hydrogen) atoms. The molecular formula is C10H17N5O16P4. The average molecular weight is 587 g/mol. The summed E-state index contributed by atoms with van der Waals surface area (Å²) in [6.45, 7) is -1.13. The van der Waals surface area contributed by atoms with Gasteiger partial charge in [-0.3, -0.25) is 13.6 Å². The number of ether oxygens (including phenoxy) is 1. The number of rotatable bonds is 10. The zero-order chi connectivity index (χ0) is 26.4. The molecule has 198 valence electrons. The first-order chi connectivity index (χ1) is 15.9. The van der Waals surface area contributed by atoms with Crippen LogP contribution in [-0.4, -0.2) is 78.9 Å². The summed E-state index contributed by atoms with van der Waals surface area (Å²) in [5.74, 6) is -0.0658. The Balaban J connectivity index is 1.81. The molecule has 2 aromatic rings. The summed E-state index contributed by atoms with van der Waals surface area (Å²) in [4.78, 5) is 65.8. The van der Waals surface area contributed by atoms with Crippen LogP contribution in [0.1, 0.15) is 6.23 Å². The number of hydrogen-bond acceptors (Lipinski definition) is 14. The first-order valence-electron chi connectivity index (χ1n) is 8.66. The van der Waals surface area contributed by atoms with Gasteiger partial charge in [0.1, 0.15) is 30.2 Å². The molecule has 21 nitrogen and oxygen atoms in total. The Hall–Kier alpha value is -1.21. The van der Waals surface area contributed by atoms with E-state index in [-0.39, 0.29) is 17.0 Å². The van der Waals surface area contributed by atoms with Crippen LogP contribution in [0.2, 0.25) is 0 Å². The first kappa shape index (κ1) is 28.4. The van der Waals surface area contributed by atoms with E-state index in [4.69, 9.17) is 20.3 Å². The first-order valence-corrected chi connectivity index (χ1v) is 14.7. The van der Waals surface area contributed by atoms with E-state index in [0.29, 0.717) is 0 Å². The fourth-order valence-corrected chi connectivity index (χ4v) is 6.45. The Bertz CT molecular complexity index is 1270. The predicted molar refractivity (Wildman–Crippen MR) is 106 cm³/mol. The Labute approximate surface area is 193 Å². The summed E-state index contributed by atoms with van der Waals surface area (Å²) < 4.78 is 68.0. The number of hydrogen-bond donors (Lipinski definition) is 8. The quantitative estimate of drug-likeness (QED) is 0.146. The van der Waals surface area contributed by atoms with E-state index in [2.05, 4.69) is 32.6 Å². The number of aliphatic hydroxyl groups is 1. The second-order valence-corrected chi connectivity index (χ2v) is 12.2. The number of aromatic nitrogens is 4. The molecule has 0 amide bonds. The minimum atomic E-state index is -5.81. The van der Waals surface area contributed by atoms with Crippen molar-refractivity contribution in [3.63, 3.8) is 0 Å². The topological polar surface area (TPSA) is 326 Å². The standard InChI is InChI=1S/C10H17N5O16P4/c11-8-5-9(13-2-12-8)15(3-14-5)10-7(29-32(17,18)19)6(16)4(28-10)1-27-34(23,24)31-35(25,26)30-33(20,21)22/h2-4,6-7,10,16H,1H2,(H,23,24)(H,25,26)(H2,11,12,13)(H2,17,18,19)(H2,20,21,22)/t4-,6-,7-,10-/m1/s1. The van der Waals surface area contributed by atoms with Crippen LogP contribution in [0.5, 0.6) is 0 Å². The Morgan fingerprint density at radius 3 is 2.23 bits per heavy atom. The van der Waals surface area contributed by atoms with Gasteiger partial charge in [0.05, 0.1) is 12.9 Å². The van der Waals surface area contributed by atoms with Gasteiger partial charge in [0.25, 0.3) is 0 Å². The molecule has 2 unspecified atom stereocenters. The third-order valence-corrected chi connectivity index (χ3v) is 8.37. The van der Waals surface area contributed by atoms with Gasteiger partial charge in [-0.2, -0.15) is 8.62 Å². The minimum Gasteiger partial charge on any atom is -0.387 e. The largest absolute Gasteiger partial charge is 0.490 e. The average Bonchev–Trinajstić information content (AvgIpc) is 3.19. The lowest BCUT2D eigenvalue weighted by Gasteiger charge is -2.22. The molecule has 6 atom stereocenters. The predicted octanol–water partition coefficient (Wildman–Crippen LogP) is -1.51. The van der Waals surface area contributed by atoms with Crippen molar-refractivity contribution in [1.82, 2.24) is 19.5 Å². The van der Waals surface area contributed by atoms with Gasteiger partial charge in [-0.25, -0.2) is 33.2 Å². The van der Waals surface area contributed by atoms with Gasteiger partial charge in [0.2, 0.25) is 0 Å². The summed E-state index contributed by atoms with van der Waals surface area (Å²) >= 11 is 0. The van der Waals surface area contributed by atoms with Gasteiger partial charge >= 0.3 is 31.3 Å². The van der Waals surface area contributed by atoms with E-state index in [1.165, 1.54) is 0 Å². The van der Waals surface area contributed by atoms with Gasteiger partial charge < -0.3 is 44.9 Å². The van der Waals surface area contributed by atoms with Gasteiger partial charge in [0.15, 0.2) is 17.7 Å². The molecule has 3 heterocycles. The third-order valence-electron chi connectivity index (χ3n) is 4.05. The molecule has 0 radical (unpaired) electrons. The smallest absolute Gasteiger partial charge is 0.387 e. The zero-order valence-corrected chi connectivity index (χ0v) is 20.2. The lowest BCUT2D eigenvalue weighted by molar-refractivity contribution is -0.0497. The van der Waals surface area contributed by atoms with Crippen molar-refractivity contribution in [2.75, 3.05) is 12.3 Å². The van der Waals surface area contributed by atoms with Crippen LogP contribution in [0, 0.1) is 0 Å². The molecule has 0 aromatic carbocycles. The minimum absolute atomic E-state index is 0.0115. The molecule has 9 N–H and O–H groups in total. The molecule has 3 rings (SSSR count). The lowest BCUT2D eigenvalue weighted by Crippen LogP contribution is -2.35. The normalized spacial score (nSPS) is 27.1. The number of phosphoric ester groups is 2. The Morgan fingerprint density at radius 1 is 0.971 bits per heavy atom. The van der Waals surface area contributed by atoms with Crippen molar-refractivity contribution < 1.29 is 75.1 Å². The molecule has 0 spiro atoms. The number of nitrogen functional groups attached to an aromatic ring is 1. The fraction of sp³-hybridized carbons (Fsp3) is 0.500. The highest BCUT2D eigenvalue weighted by Crippen LogP contribution is 2.66. The Kier molecular flexibility index (Phi) is 8.04. The Morgan fingerprint density at radius 2 is 1.63 bits per heavy atom. The monoisotopic (exact) mass is 587 g/mol. The van der Waals surface area contributed by atoms with Gasteiger partial charge in [-0.1, -0.05) is 0 Å². The van der Waals surface area contributed by atoms with E-state index in [1.54, 1.807) is 0 Å². The van der Waals surface area contributed by atoms with Crippen LogP contribution < -0.4 is 5.73 Å². The van der Waals surface area contributed by atoms with Crippen molar-refractivity contribution in [2.24, 2.45) is 0 Å². The van der Waals surface area contributed by atoms with Crippen LogP contribution >= 0.6 is 31.3 Å². The maximum atomic E-state index is 11.9. The van der Waals surface area contributed by atoms with Crippen LogP contribution in [0.15, 0.2) is 12.7 Å². The SMILES string of the molecule is Nc1ncnc2c1ncn2[C@@H]1O[C@H](COP(=O)(O)OP(=O)(O)OP(=O)(O)O)[C@@H](O)[C@H]1OP(=O)(O)O. The summed E-state index contributed by atoms with van der Waals surface area (Å²) in [5, 5.41) is 10.5. The molecule has 0 saturated carbocycles. The number of imidazole rings is 1. The van der Waals surface area contributed by atoms with Crippen molar-refractivity contribution in [2.45, 2.75) is 24.5 Å². The highest BCUT2D eigenvalue weighted by molar-refractivity contribution is 7.66. The van der Waals surface area contributed by atoms with E-state index in [9.17, 15) is 42.9 Å². The van der Waals surface area contributed by atoms with Crippen molar-refractivity contribution in [3.05, 3.63) is 12.7 Å². The van der Waals surface area contributed by atoms with Gasteiger partial charge in [-0.05, 0) is 0 Å². The highest BCUT2D eigenvalue weighted by atomic mass is 31.3. The molecule has 1 aliphatic heterocycles. The van der Waals surface area contributed by atoms with Crippen molar-refractivity contribution in [1.29, 1.82) is 0 Å². The zero-order valence-electron chi connectivity index (χ0n) is 16.6. The van der Waals surface area contributed by atoms with Gasteiger partial charge in [-0.15, -0.1) is 0 Å². The molecule has 0 aliphatic carbocycles. The third kappa shape index (κ3) is 7.41. The van der Waals surface area contributed by atoms with E-state index in [1.807, 2.05) is 0 Å². The maximum Gasteiger partial charge on any atom is 0.490 e. The van der Waals surface area contributed by atoms with Gasteiger partial charge in [0, 0.05) is 0 Å². The van der Waals surface area contributed by atoms with E-state index >= 15 is 0 Å². The number of phosphoric acid groups is 4. The molecule has 25 heteroatoms. The number of anilines is 1.